The summed E-state index contributed by atoms with van der Waals surface area (Å²) in [6.07, 6.45) is -4.66. The standard InChI is InChI=1S/C15H13F3N4O2/c1-20-9(7-12(23)21(2)14(20)24)8-22-11-6-4-3-5-10(11)19-13(22)15(16,17)18/h3-7H,8H2,1-2H3. The number of hydrogen-bond donors (Lipinski definition) is 0. The van der Waals surface area contributed by atoms with Crippen molar-refractivity contribution in [3.05, 3.63) is 62.7 Å². The van der Waals surface area contributed by atoms with Gasteiger partial charge < -0.3 is 4.57 Å². The van der Waals surface area contributed by atoms with Gasteiger partial charge in [-0.15, -0.1) is 0 Å². The lowest BCUT2D eigenvalue weighted by molar-refractivity contribution is -0.146. The van der Waals surface area contributed by atoms with Crippen molar-refractivity contribution in [1.82, 2.24) is 18.7 Å². The molecule has 0 fully saturated rings. The molecule has 0 bridgehead atoms. The first-order chi connectivity index (χ1) is 11.2. The van der Waals surface area contributed by atoms with Crippen LogP contribution in [0.3, 0.4) is 0 Å². The highest BCUT2D eigenvalue weighted by Gasteiger charge is 2.37. The van der Waals surface area contributed by atoms with Crippen LogP contribution in [0.2, 0.25) is 0 Å². The highest BCUT2D eigenvalue weighted by Crippen LogP contribution is 2.31. The molecule has 0 spiro atoms. The van der Waals surface area contributed by atoms with E-state index >= 15 is 0 Å². The lowest BCUT2D eigenvalue weighted by Gasteiger charge is -2.14. The van der Waals surface area contributed by atoms with Gasteiger partial charge in [0.05, 0.1) is 17.6 Å². The molecular formula is C15H13F3N4O2. The van der Waals surface area contributed by atoms with Gasteiger partial charge in [-0.1, -0.05) is 12.1 Å². The molecule has 126 valence electrons. The molecule has 3 rings (SSSR count). The number of nitrogens with zero attached hydrogens (tertiary/aromatic N) is 4. The molecule has 24 heavy (non-hydrogen) atoms. The van der Waals surface area contributed by atoms with Crippen molar-refractivity contribution in [3.8, 4) is 0 Å². The van der Waals surface area contributed by atoms with Crippen LogP contribution in [-0.2, 0) is 26.8 Å². The van der Waals surface area contributed by atoms with Gasteiger partial charge in [-0.3, -0.25) is 13.9 Å². The highest BCUT2D eigenvalue weighted by atomic mass is 19.4. The molecule has 0 radical (unpaired) electrons. The van der Waals surface area contributed by atoms with E-state index in [0.29, 0.717) is 0 Å². The largest absolute Gasteiger partial charge is 0.449 e. The number of imidazole rings is 1. The van der Waals surface area contributed by atoms with Crippen molar-refractivity contribution >= 4 is 11.0 Å². The van der Waals surface area contributed by atoms with Crippen molar-refractivity contribution < 1.29 is 13.2 Å². The van der Waals surface area contributed by atoms with Gasteiger partial charge in [0.25, 0.3) is 5.56 Å². The fourth-order valence-corrected chi connectivity index (χ4v) is 2.54. The Morgan fingerprint density at radius 3 is 2.42 bits per heavy atom. The van der Waals surface area contributed by atoms with E-state index in [1.807, 2.05) is 0 Å². The highest BCUT2D eigenvalue weighted by molar-refractivity contribution is 5.76. The van der Waals surface area contributed by atoms with E-state index in [4.69, 9.17) is 0 Å². The van der Waals surface area contributed by atoms with Crippen LogP contribution >= 0.6 is 0 Å². The summed E-state index contributed by atoms with van der Waals surface area (Å²) in [5.41, 5.74) is -0.546. The van der Waals surface area contributed by atoms with Crippen LogP contribution < -0.4 is 11.2 Å². The Morgan fingerprint density at radius 2 is 1.75 bits per heavy atom. The molecule has 9 heteroatoms. The number of hydrogen-bond acceptors (Lipinski definition) is 3. The molecule has 0 saturated heterocycles. The second-order valence-corrected chi connectivity index (χ2v) is 5.38. The van der Waals surface area contributed by atoms with Crippen LogP contribution in [0.1, 0.15) is 11.5 Å². The Balaban J connectivity index is 2.25. The molecule has 3 aromatic rings. The van der Waals surface area contributed by atoms with Crippen LogP contribution in [0.25, 0.3) is 11.0 Å². The number of alkyl halides is 3. The summed E-state index contributed by atoms with van der Waals surface area (Å²) in [6.45, 7) is -0.294. The van der Waals surface area contributed by atoms with E-state index in [0.717, 1.165) is 19.8 Å². The van der Waals surface area contributed by atoms with Crippen LogP contribution in [0.5, 0.6) is 0 Å². The Kier molecular flexibility index (Phi) is 3.58. The predicted octanol–water partition coefficient (Wildman–Crippen LogP) is 1.50. The van der Waals surface area contributed by atoms with Crippen molar-refractivity contribution in [2.75, 3.05) is 0 Å². The zero-order chi connectivity index (χ0) is 17.6. The summed E-state index contributed by atoms with van der Waals surface area (Å²) in [6, 6.07) is 7.33. The molecule has 1 aromatic carbocycles. The Hall–Kier alpha value is -2.84. The van der Waals surface area contributed by atoms with E-state index in [2.05, 4.69) is 4.98 Å². The number of aromatic nitrogens is 4. The first kappa shape index (κ1) is 16.0. The maximum atomic E-state index is 13.3. The van der Waals surface area contributed by atoms with Crippen molar-refractivity contribution in [3.63, 3.8) is 0 Å². The van der Waals surface area contributed by atoms with E-state index in [1.54, 1.807) is 12.1 Å². The van der Waals surface area contributed by atoms with Gasteiger partial charge in [0.15, 0.2) is 0 Å². The molecule has 0 aliphatic carbocycles. The monoisotopic (exact) mass is 338 g/mol. The van der Waals surface area contributed by atoms with Crippen LogP contribution in [0.4, 0.5) is 13.2 Å². The van der Waals surface area contributed by atoms with Crippen molar-refractivity contribution in [2.24, 2.45) is 14.1 Å². The van der Waals surface area contributed by atoms with Gasteiger partial charge in [-0.2, -0.15) is 13.2 Å². The molecule has 0 atom stereocenters. The summed E-state index contributed by atoms with van der Waals surface area (Å²) in [5.74, 6) is -1.07. The molecule has 0 amide bonds. The second kappa shape index (κ2) is 5.36. The molecule has 0 unspecified atom stereocenters. The van der Waals surface area contributed by atoms with E-state index in [-0.39, 0.29) is 23.3 Å². The first-order valence-electron chi connectivity index (χ1n) is 6.98. The third kappa shape index (κ3) is 2.51. The minimum absolute atomic E-state index is 0.164. The third-order valence-electron chi connectivity index (χ3n) is 3.85. The fourth-order valence-electron chi connectivity index (χ4n) is 2.54. The molecule has 2 aromatic heterocycles. The zero-order valence-electron chi connectivity index (χ0n) is 12.8. The average Bonchev–Trinajstić information content (AvgIpc) is 2.89. The summed E-state index contributed by atoms with van der Waals surface area (Å²) in [4.78, 5) is 27.4. The number of para-hydroxylation sites is 2. The van der Waals surface area contributed by atoms with Gasteiger partial charge in [-0.05, 0) is 12.1 Å². The second-order valence-electron chi connectivity index (χ2n) is 5.38. The molecule has 0 aliphatic rings. The molecule has 2 heterocycles. The number of rotatable bonds is 2. The lowest BCUT2D eigenvalue weighted by atomic mass is 10.3. The Labute approximate surface area is 133 Å². The van der Waals surface area contributed by atoms with Gasteiger partial charge in [-0.25, -0.2) is 9.78 Å². The van der Waals surface area contributed by atoms with E-state index < -0.39 is 23.2 Å². The van der Waals surface area contributed by atoms with Crippen LogP contribution in [-0.4, -0.2) is 18.7 Å². The summed E-state index contributed by atoms with van der Waals surface area (Å²) < 4.78 is 42.9. The van der Waals surface area contributed by atoms with Gasteiger partial charge in [0.1, 0.15) is 0 Å². The number of fused-ring (bicyclic) bond motifs is 1. The molecule has 0 N–H and O–H groups in total. The third-order valence-corrected chi connectivity index (χ3v) is 3.85. The SMILES string of the molecule is Cn1c(Cn2c(C(F)(F)F)nc3ccccc32)cc(=O)n(C)c1=O. The van der Waals surface area contributed by atoms with Gasteiger partial charge >= 0.3 is 11.9 Å². The topological polar surface area (TPSA) is 61.8 Å². The smallest absolute Gasteiger partial charge is 0.314 e. The summed E-state index contributed by atoms with van der Waals surface area (Å²) in [7, 11) is 2.71. The molecule has 6 nitrogen and oxygen atoms in total. The number of halogens is 3. The molecule has 0 saturated carbocycles. The van der Waals surface area contributed by atoms with E-state index in [9.17, 15) is 22.8 Å². The molecular weight excluding hydrogens is 325 g/mol. The Morgan fingerprint density at radius 1 is 1.08 bits per heavy atom. The van der Waals surface area contributed by atoms with Crippen molar-refractivity contribution in [2.45, 2.75) is 12.7 Å². The first-order valence-corrected chi connectivity index (χ1v) is 6.98. The summed E-state index contributed by atoms with van der Waals surface area (Å²) in [5, 5.41) is 0. The van der Waals surface area contributed by atoms with Crippen LogP contribution in [0.15, 0.2) is 39.9 Å². The van der Waals surface area contributed by atoms with Gasteiger partial charge in [0, 0.05) is 25.9 Å². The van der Waals surface area contributed by atoms with Gasteiger partial charge in [0.2, 0.25) is 5.82 Å². The molecule has 0 aliphatic heterocycles. The van der Waals surface area contributed by atoms with Crippen molar-refractivity contribution in [1.29, 1.82) is 0 Å². The minimum atomic E-state index is -4.66. The maximum absolute atomic E-state index is 13.3. The van der Waals surface area contributed by atoms with E-state index in [1.165, 1.54) is 26.2 Å². The summed E-state index contributed by atoms with van der Waals surface area (Å²) >= 11 is 0. The zero-order valence-corrected chi connectivity index (χ0v) is 12.8. The average molecular weight is 338 g/mol. The lowest BCUT2D eigenvalue weighted by Crippen LogP contribution is -2.38. The number of benzene rings is 1. The Bertz CT molecular complexity index is 1040. The quantitative estimate of drug-likeness (QED) is 0.711. The fraction of sp³-hybridized carbons (Fsp3) is 0.267. The maximum Gasteiger partial charge on any atom is 0.449 e. The predicted molar refractivity (Wildman–Crippen MR) is 80.8 cm³/mol. The van der Waals surface area contributed by atoms with Crippen LogP contribution in [0, 0.1) is 0 Å². The minimum Gasteiger partial charge on any atom is -0.314 e. The normalized spacial score (nSPS) is 12.0.